The van der Waals surface area contributed by atoms with E-state index in [1.54, 1.807) is 18.3 Å². The zero-order chi connectivity index (χ0) is 20.4. The summed E-state index contributed by atoms with van der Waals surface area (Å²) in [5.74, 6) is -1.73. The number of rotatable bonds is 1. The van der Waals surface area contributed by atoms with Gasteiger partial charge in [0.15, 0.2) is 5.41 Å². The summed E-state index contributed by atoms with van der Waals surface area (Å²) in [4.78, 5) is 3.02. The van der Waals surface area contributed by atoms with E-state index < -0.39 is 28.6 Å². The van der Waals surface area contributed by atoms with Crippen LogP contribution in [0.2, 0.25) is 0 Å². The highest BCUT2D eigenvalue weighted by Crippen LogP contribution is 2.70. The van der Waals surface area contributed by atoms with E-state index in [0.29, 0.717) is 18.5 Å². The highest BCUT2D eigenvalue weighted by Gasteiger charge is 2.81. The SMILES string of the molecule is CC(C)(C)C1CCC23OC(=N)C(C#N)(C2C1)C(C#N)(C#N)C(c1ccc[nH]1)O3. The van der Waals surface area contributed by atoms with Gasteiger partial charge in [-0.15, -0.1) is 0 Å². The van der Waals surface area contributed by atoms with Crippen LogP contribution in [0.25, 0.3) is 0 Å². The van der Waals surface area contributed by atoms with Crippen molar-refractivity contribution in [2.24, 2.45) is 28.1 Å². The second-order valence-electron chi connectivity index (χ2n) is 9.21. The Bertz CT molecular complexity index is 927. The number of H-pyrrole nitrogens is 1. The third kappa shape index (κ3) is 1.96. The number of aromatic amines is 1. The Balaban J connectivity index is 1.94. The molecule has 28 heavy (non-hydrogen) atoms. The van der Waals surface area contributed by atoms with Crippen LogP contribution in [0.15, 0.2) is 18.3 Å². The maximum Gasteiger partial charge on any atom is 0.217 e. The monoisotopic (exact) mass is 377 g/mol. The van der Waals surface area contributed by atoms with Gasteiger partial charge in [-0.25, -0.2) is 0 Å². The van der Waals surface area contributed by atoms with Crippen LogP contribution in [0.5, 0.6) is 0 Å². The van der Waals surface area contributed by atoms with Crippen LogP contribution in [0.1, 0.15) is 51.8 Å². The second kappa shape index (κ2) is 5.60. The standard InChI is InChI=1S/C21H23N5O2/c1-18(2,3)13-6-7-21-15(9-13)20(12-24,17(25)28-21)19(10-22,11-23)16(27-21)14-5-4-8-26-14/h4-5,8,13,15-16,25-26H,6-7,9H2,1-3H3. The lowest BCUT2D eigenvalue weighted by Gasteiger charge is -2.53. The summed E-state index contributed by atoms with van der Waals surface area (Å²) in [6.45, 7) is 6.45. The Morgan fingerprint density at radius 3 is 2.46 bits per heavy atom. The fourth-order valence-electron chi connectivity index (χ4n) is 5.41. The molecule has 1 aliphatic carbocycles. The fourth-order valence-corrected chi connectivity index (χ4v) is 5.41. The molecular weight excluding hydrogens is 354 g/mol. The zero-order valence-corrected chi connectivity index (χ0v) is 16.2. The third-order valence-electron chi connectivity index (χ3n) is 7.04. The van der Waals surface area contributed by atoms with Crippen LogP contribution in [-0.4, -0.2) is 16.7 Å². The molecule has 7 heteroatoms. The summed E-state index contributed by atoms with van der Waals surface area (Å²) in [5.41, 5.74) is -3.02. The van der Waals surface area contributed by atoms with Gasteiger partial charge in [0.05, 0.1) is 24.1 Å². The van der Waals surface area contributed by atoms with E-state index >= 15 is 0 Å². The Morgan fingerprint density at radius 1 is 1.21 bits per heavy atom. The second-order valence-corrected chi connectivity index (χ2v) is 9.21. The van der Waals surface area contributed by atoms with Crippen molar-refractivity contribution in [3.05, 3.63) is 24.0 Å². The quantitative estimate of drug-likeness (QED) is 0.769. The van der Waals surface area contributed by atoms with Gasteiger partial charge >= 0.3 is 0 Å². The first-order valence-corrected chi connectivity index (χ1v) is 9.53. The van der Waals surface area contributed by atoms with Gasteiger partial charge in [0, 0.05) is 18.3 Å². The van der Waals surface area contributed by atoms with Crippen molar-refractivity contribution in [1.29, 1.82) is 21.2 Å². The van der Waals surface area contributed by atoms with E-state index in [9.17, 15) is 15.8 Å². The lowest BCUT2D eigenvalue weighted by atomic mass is 9.50. The van der Waals surface area contributed by atoms with E-state index in [-0.39, 0.29) is 17.2 Å². The molecule has 2 saturated heterocycles. The predicted molar refractivity (Wildman–Crippen MR) is 98.2 cm³/mol. The first-order valence-electron chi connectivity index (χ1n) is 9.53. The molecule has 3 heterocycles. The molecule has 144 valence electrons. The molecule has 2 N–H and O–H groups in total. The molecule has 5 atom stereocenters. The Morgan fingerprint density at radius 2 is 1.93 bits per heavy atom. The van der Waals surface area contributed by atoms with Crippen LogP contribution >= 0.6 is 0 Å². The molecule has 3 aliphatic rings. The lowest BCUT2D eigenvalue weighted by molar-refractivity contribution is -0.302. The summed E-state index contributed by atoms with van der Waals surface area (Å²) in [6.07, 6.45) is 2.61. The minimum atomic E-state index is -1.88. The molecule has 5 unspecified atom stereocenters. The van der Waals surface area contributed by atoms with Crippen molar-refractivity contribution in [2.45, 2.75) is 51.9 Å². The number of ether oxygens (including phenoxy) is 2. The average Bonchev–Trinajstić information content (AvgIpc) is 3.25. The number of nitriles is 3. The molecule has 2 bridgehead atoms. The molecule has 0 aromatic carbocycles. The van der Waals surface area contributed by atoms with Gasteiger partial charge in [-0.1, -0.05) is 20.8 Å². The molecule has 2 aliphatic heterocycles. The predicted octanol–water partition coefficient (Wildman–Crippen LogP) is 3.80. The van der Waals surface area contributed by atoms with E-state index in [4.69, 9.17) is 14.9 Å². The smallest absolute Gasteiger partial charge is 0.217 e. The molecule has 0 radical (unpaired) electrons. The largest absolute Gasteiger partial charge is 0.447 e. The molecule has 3 fully saturated rings. The maximum atomic E-state index is 10.3. The lowest BCUT2D eigenvalue weighted by Crippen LogP contribution is -2.61. The van der Waals surface area contributed by atoms with Gasteiger partial charge in [-0.2, -0.15) is 15.8 Å². The third-order valence-corrected chi connectivity index (χ3v) is 7.04. The fraction of sp³-hybridized carbons (Fsp3) is 0.619. The van der Waals surface area contributed by atoms with Gasteiger partial charge in [0.1, 0.15) is 6.10 Å². The molecule has 0 spiro atoms. The summed E-state index contributed by atoms with van der Waals surface area (Å²) in [7, 11) is 0. The van der Waals surface area contributed by atoms with Crippen molar-refractivity contribution in [2.75, 3.05) is 0 Å². The van der Waals surface area contributed by atoms with E-state index in [2.05, 4.69) is 44.0 Å². The molecule has 4 rings (SSSR count). The minimum Gasteiger partial charge on any atom is -0.447 e. The molecule has 0 amide bonds. The van der Waals surface area contributed by atoms with Crippen LogP contribution < -0.4 is 0 Å². The Labute approximate surface area is 164 Å². The molecule has 1 saturated carbocycles. The van der Waals surface area contributed by atoms with Crippen molar-refractivity contribution in [3.63, 3.8) is 0 Å². The molecule has 1 aromatic heterocycles. The van der Waals surface area contributed by atoms with Gasteiger partial charge in [-0.05, 0) is 36.3 Å². The topological polar surface area (TPSA) is 129 Å². The van der Waals surface area contributed by atoms with Gasteiger partial charge in [0.25, 0.3) is 0 Å². The van der Waals surface area contributed by atoms with Gasteiger partial charge in [0.2, 0.25) is 17.1 Å². The summed E-state index contributed by atoms with van der Waals surface area (Å²) >= 11 is 0. The Kier molecular flexibility index (Phi) is 3.71. The van der Waals surface area contributed by atoms with E-state index in [1.165, 1.54) is 0 Å². The number of nitrogens with one attached hydrogen (secondary N) is 2. The number of aromatic nitrogens is 1. The summed E-state index contributed by atoms with van der Waals surface area (Å²) in [5, 5.41) is 39.3. The van der Waals surface area contributed by atoms with Crippen molar-refractivity contribution in [1.82, 2.24) is 4.98 Å². The number of hydrogen-bond acceptors (Lipinski definition) is 6. The Hall–Kier alpha value is -2.82. The van der Waals surface area contributed by atoms with Crippen molar-refractivity contribution >= 4 is 5.90 Å². The molecule has 1 aromatic rings. The average molecular weight is 377 g/mol. The van der Waals surface area contributed by atoms with E-state index in [1.807, 2.05) is 0 Å². The summed E-state index contributed by atoms with van der Waals surface area (Å²) in [6, 6.07) is 9.89. The molecule has 7 nitrogen and oxygen atoms in total. The highest BCUT2D eigenvalue weighted by molar-refractivity contribution is 5.89. The van der Waals surface area contributed by atoms with Gasteiger partial charge in [-0.3, -0.25) is 5.41 Å². The van der Waals surface area contributed by atoms with Crippen molar-refractivity contribution < 1.29 is 9.47 Å². The first kappa shape index (κ1) is 18.5. The molecular formula is C21H23N5O2. The maximum absolute atomic E-state index is 10.3. The van der Waals surface area contributed by atoms with Crippen LogP contribution in [0.3, 0.4) is 0 Å². The first-order chi connectivity index (χ1) is 13.2. The van der Waals surface area contributed by atoms with Crippen LogP contribution in [-0.2, 0) is 9.47 Å². The number of nitrogens with zero attached hydrogens (tertiary/aromatic N) is 3. The van der Waals surface area contributed by atoms with Crippen molar-refractivity contribution in [3.8, 4) is 18.2 Å². The highest BCUT2D eigenvalue weighted by atomic mass is 16.7. The van der Waals surface area contributed by atoms with E-state index in [0.717, 1.165) is 6.42 Å². The summed E-state index contributed by atoms with van der Waals surface area (Å²) < 4.78 is 12.3. The number of hydrogen-bond donors (Lipinski definition) is 2. The minimum absolute atomic E-state index is 0.00185. The zero-order valence-electron chi connectivity index (χ0n) is 16.2. The van der Waals surface area contributed by atoms with Crippen LogP contribution in [0, 0.1) is 67.5 Å². The van der Waals surface area contributed by atoms with Gasteiger partial charge < -0.3 is 14.5 Å². The van der Waals surface area contributed by atoms with Crippen LogP contribution in [0.4, 0.5) is 0 Å². The normalized spacial score (nSPS) is 38.4.